The molecule has 2 aromatic carbocycles. The Kier molecular flexibility index (Phi) is 7.06. The molecule has 0 bridgehead atoms. The van der Waals surface area contributed by atoms with Gasteiger partial charge in [0, 0.05) is 18.6 Å². The molecule has 1 saturated heterocycles. The minimum atomic E-state index is -0.434. The Hall–Kier alpha value is -1.68. The Morgan fingerprint density at radius 2 is 1.70 bits per heavy atom. The average Bonchev–Trinajstić information content (AvgIpc) is 3.02. The minimum Gasteiger partial charge on any atom is -0.379 e. The summed E-state index contributed by atoms with van der Waals surface area (Å²) in [4.78, 5) is 2.11. The molecule has 3 atom stereocenters. The summed E-state index contributed by atoms with van der Waals surface area (Å²) in [6.45, 7) is 5.01. The maximum Gasteiger partial charge on any atom is 0.104 e. The molecule has 4 rings (SSSR count). The van der Waals surface area contributed by atoms with Gasteiger partial charge >= 0.3 is 0 Å². The zero-order chi connectivity index (χ0) is 19.2. The van der Waals surface area contributed by atoms with Crippen molar-refractivity contribution in [3.63, 3.8) is 0 Å². The maximum atomic E-state index is 9.92. The van der Waals surface area contributed by atoms with Crippen LogP contribution >= 0.6 is 0 Å². The summed E-state index contributed by atoms with van der Waals surface area (Å²) in [6, 6.07) is 19.4. The average molecular weight is 367 g/mol. The van der Waals surface area contributed by atoms with Crippen LogP contribution in [0.5, 0.6) is 0 Å². The second-order valence-electron chi connectivity index (χ2n) is 8.20. The van der Waals surface area contributed by atoms with Gasteiger partial charge in [-0.25, -0.2) is 0 Å². The molecule has 3 N–H and O–H groups in total. The molecule has 3 heteroatoms. The lowest BCUT2D eigenvalue weighted by molar-refractivity contribution is 0.00798. The first-order valence-electron chi connectivity index (χ1n) is 10.4. The van der Waals surface area contributed by atoms with Gasteiger partial charge in [0.05, 0.1) is 0 Å². The molecule has 0 amide bonds. The van der Waals surface area contributed by atoms with Crippen LogP contribution in [0.25, 0.3) is 11.1 Å². The van der Waals surface area contributed by atoms with E-state index in [9.17, 15) is 5.11 Å². The molecule has 1 aliphatic heterocycles. The van der Waals surface area contributed by atoms with E-state index in [-0.39, 0.29) is 12.1 Å². The Morgan fingerprint density at radius 1 is 1.04 bits per heavy atom. The van der Waals surface area contributed by atoms with Gasteiger partial charge in [0.2, 0.25) is 0 Å². The number of benzene rings is 2. The monoisotopic (exact) mass is 366 g/mol. The number of nitrogens with zero attached hydrogens (tertiary/aromatic N) is 1. The molecular weight excluding hydrogens is 332 g/mol. The van der Waals surface area contributed by atoms with Crippen molar-refractivity contribution in [3.8, 4) is 11.1 Å². The summed E-state index contributed by atoms with van der Waals surface area (Å²) in [5.74, 6) is 1.06. The van der Waals surface area contributed by atoms with Gasteiger partial charge in [-0.3, -0.25) is 4.90 Å². The lowest BCUT2D eigenvalue weighted by atomic mass is 9.88. The van der Waals surface area contributed by atoms with Crippen LogP contribution in [0.3, 0.4) is 0 Å². The van der Waals surface area contributed by atoms with Crippen LogP contribution in [-0.2, 0) is 6.42 Å². The van der Waals surface area contributed by atoms with Gasteiger partial charge < -0.3 is 10.8 Å². The SMILES string of the molecule is CC(O)N1CCC(N)C1Cc1cccc(-c2ccccc2)c1.CC1CCC1. The number of likely N-dealkylation sites (tertiary alicyclic amines) is 1. The van der Waals surface area contributed by atoms with Crippen LogP contribution in [0, 0.1) is 5.92 Å². The van der Waals surface area contributed by atoms with Crippen LogP contribution in [0.4, 0.5) is 0 Å². The Morgan fingerprint density at radius 3 is 2.30 bits per heavy atom. The largest absolute Gasteiger partial charge is 0.379 e. The van der Waals surface area contributed by atoms with E-state index in [0.717, 1.165) is 25.3 Å². The van der Waals surface area contributed by atoms with Crippen molar-refractivity contribution in [3.05, 3.63) is 60.2 Å². The van der Waals surface area contributed by atoms with Crippen LogP contribution in [0.15, 0.2) is 54.6 Å². The van der Waals surface area contributed by atoms with E-state index in [4.69, 9.17) is 5.73 Å². The van der Waals surface area contributed by atoms with E-state index in [1.165, 1.54) is 36.0 Å². The van der Waals surface area contributed by atoms with Crippen molar-refractivity contribution in [2.24, 2.45) is 11.7 Å². The summed E-state index contributed by atoms with van der Waals surface area (Å²) >= 11 is 0. The van der Waals surface area contributed by atoms with E-state index < -0.39 is 6.23 Å². The molecule has 0 radical (unpaired) electrons. The predicted octanol–water partition coefficient (Wildman–Crippen LogP) is 4.44. The number of nitrogens with two attached hydrogens (primary N) is 1. The molecule has 27 heavy (non-hydrogen) atoms. The number of aliphatic hydroxyl groups is 1. The van der Waals surface area contributed by atoms with Gasteiger partial charge in [-0.05, 0) is 42.4 Å². The topological polar surface area (TPSA) is 49.5 Å². The van der Waals surface area contributed by atoms with Crippen LogP contribution in [0.1, 0.15) is 45.1 Å². The van der Waals surface area contributed by atoms with Gasteiger partial charge in [-0.2, -0.15) is 0 Å². The minimum absolute atomic E-state index is 0.134. The van der Waals surface area contributed by atoms with Crippen molar-refractivity contribution < 1.29 is 5.11 Å². The van der Waals surface area contributed by atoms with Gasteiger partial charge in [0.1, 0.15) is 6.23 Å². The first-order chi connectivity index (χ1) is 13.0. The van der Waals surface area contributed by atoms with E-state index in [2.05, 4.69) is 60.4 Å². The molecule has 3 unspecified atom stereocenters. The normalized spacial score (nSPS) is 24.0. The third-order valence-corrected chi connectivity index (χ3v) is 5.99. The molecular formula is C24H34N2O. The fraction of sp³-hybridized carbons (Fsp3) is 0.500. The van der Waals surface area contributed by atoms with Crippen molar-refractivity contribution >= 4 is 0 Å². The van der Waals surface area contributed by atoms with Crippen LogP contribution in [0.2, 0.25) is 0 Å². The molecule has 2 fully saturated rings. The number of rotatable bonds is 4. The predicted molar refractivity (Wildman–Crippen MR) is 113 cm³/mol. The third-order valence-electron chi connectivity index (χ3n) is 5.99. The highest BCUT2D eigenvalue weighted by molar-refractivity contribution is 5.63. The zero-order valence-corrected chi connectivity index (χ0v) is 16.7. The van der Waals surface area contributed by atoms with Crippen molar-refractivity contribution in [2.45, 2.75) is 64.3 Å². The fourth-order valence-corrected chi connectivity index (χ4v) is 4.00. The molecule has 146 valence electrons. The lowest BCUT2D eigenvalue weighted by Crippen LogP contribution is -2.45. The molecule has 0 spiro atoms. The highest BCUT2D eigenvalue weighted by atomic mass is 16.3. The summed E-state index contributed by atoms with van der Waals surface area (Å²) < 4.78 is 0. The first-order valence-corrected chi connectivity index (χ1v) is 10.4. The second kappa shape index (κ2) is 9.50. The van der Waals surface area contributed by atoms with Gasteiger partial charge in [0.25, 0.3) is 0 Å². The summed E-state index contributed by atoms with van der Waals surface area (Å²) in [5, 5.41) is 9.92. The number of aliphatic hydroxyl groups excluding tert-OH is 1. The highest BCUT2D eigenvalue weighted by Gasteiger charge is 2.33. The van der Waals surface area contributed by atoms with Crippen LogP contribution in [-0.4, -0.2) is 34.9 Å². The van der Waals surface area contributed by atoms with Gasteiger partial charge in [-0.1, -0.05) is 80.8 Å². The number of hydrogen-bond donors (Lipinski definition) is 2. The van der Waals surface area contributed by atoms with Crippen LogP contribution < -0.4 is 5.73 Å². The molecule has 2 aromatic rings. The second-order valence-corrected chi connectivity index (χ2v) is 8.20. The van der Waals surface area contributed by atoms with Crippen molar-refractivity contribution in [2.75, 3.05) is 6.54 Å². The van der Waals surface area contributed by atoms with Crippen molar-refractivity contribution in [1.29, 1.82) is 0 Å². The third kappa shape index (κ3) is 5.41. The highest BCUT2D eigenvalue weighted by Crippen LogP contribution is 2.25. The standard InChI is InChI=1S/C19H24N2O.C5H10/c1-14(22)21-11-10-18(20)19(21)13-15-6-5-9-17(12-15)16-7-3-2-4-8-16;1-5-3-2-4-5/h2-9,12,14,18-19,22H,10-11,13,20H2,1H3;5H,2-4H2,1H3. The zero-order valence-electron chi connectivity index (χ0n) is 16.7. The summed E-state index contributed by atoms with van der Waals surface area (Å²) in [7, 11) is 0. The molecule has 2 aliphatic rings. The van der Waals surface area contributed by atoms with E-state index in [1.807, 2.05) is 13.0 Å². The Labute approximate surface area is 164 Å². The van der Waals surface area contributed by atoms with E-state index >= 15 is 0 Å². The smallest absolute Gasteiger partial charge is 0.104 e. The van der Waals surface area contributed by atoms with Gasteiger partial charge in [-0.15, -0.1) is 0 Å². The molecule has 0 aromatic heterocycles. The molecule has 1 saturated carbocycles. The Bertz CT molecular complexity index is 697. The molecule has 1 aliphatic carbocycles. The maximum absolute atomic E-state index is 9.92. The molecule has 1 heterocycles. The summed E-state index contributed by atoms with van der Waals surface area (Å²) in [5.41, 5.74) is 9.98. The van der Waals surface area contributed by atoms with E-state index in [1.54, 1.807) is 0 Å². The first kappa shape index (κ1) is 20.1. The summed E-state index contributed by atoms with van der Waals surface area (Å²) in [6.07, 6.45) is 5.86. The van der Waals surface area contributed by atoms with Gasteiger partial charge in [0.15, 0.2) is 0 Å². The number of hydrogen-bond acceptors (Lipinski definition) is 3. The van der Waals surface area contributed by atoms with E-state index in [0.29, 0.717) is 0 Å². The quantitative estimate of drug-likeness (QED) is 0.841. The van der Waals surface area contributed by atoms with Crippen molar-refractivity contribution in [1.82, 2.24) is 4.90 Å². The lowest BCUT2D eigenvalue weighted by Gasteiger charge is -2.29. The fourth-order valence-electron chi connectivity index (χ4n) is 4.00. The Balaban J connectivity index is 0.000000364. The molecule has 3 nitrogen and oxygen atoms in total.